The van der Waals surface area contributed by atoms with Gasteiger partial charge in [-0.25, -0.2) is 9.67 Å². The number of nitrogens with zero attached hydrogens (tertiary/aromatic N) is 6. The van der Waals surface area contributed by atoms with E-state index in [-0.39, 0.29) is 5.95 Å². The van der Waals surface area contributed by atoms with Crippen LogP contribution in [0.15, 0.2) is 41.1 Å². The number of aromatic nitrogens is 6. The molecule has 4 heterocycles. The van der Waals surface area contributed by atoms with E-state index in [1.54, 1.807) is 19.1 Å². The predicted molar refractivity (Wildman–Crippen MR) is 88.3 cm³/mol. The molecule has 0 aliphatic rings. The molecule has 0 fully saturated rings. The molecule has 2 N–H and O–H groups in total. The highest BCUT2D eigenvalue weighted by Crippen LogP contribution is 2.30. The lowest BCUT2D eigenvalue weighted by Gasteiger charge is -2.13. The minimum absolute atomic E-state index is 0.00923. The van der Waals surface area contributed by atoms with Gasteiger partial charge in [0.25, 0.3) is 0 Å². The van der Waals surface area contributed by atoms with Gasteiger partial charge in [-0.3, -0.25) is 4.98 Å². The number of anilines is 1. The van der Waals surface area contributed by atoms with Crippen molar-refractivity contribution in [2.45, 2.75) is 19.1 Å². The number of hydrogen-bond acceptors (Lipinski definition) is 7. The second-order valence-electron chi connectivity index (χ2n) is 5.76. The third-order valence-corrected chi connectivity index (χ3v) is 4.00. The molecule has 138 valence electrons. The van der Waals surface area contributed by atoms with Gasteiger partial charge in [0.1, 0.15) is 5.69 Å². The zero-order valence-corrected chi connectivity index (χ0v) is 13.8. The van der Waals surface area contributed by atoms with Gasteiger partial charge in [0.15, 0.2) is 16.9 Å². The van der Waals surface area contributed by atoms with E-state index in [1.165, 1.54) is 17.0 Å². The van der Waals surface area contributed by atoms with E-state index >= 15 is 0 Å². The summed E-state index contributed by atoms with van der Waals surface area (Å²) < 4.78 is 44.9. The molecule has 0 saturated carbocycles. The second kappa shape index (κ2) is 6.04. The lowest BCUT2D eigenvalue weighted by molar-refractivity contribution is -0.137. The molecule has 4 rings (SSSR count). The molecule has 0 bridgehead atoms. The van der Waals surface area contributed by atoms with Crippen LogP contribution in [0, 0.1) is 0 Å². The summed E-state index contributed by atoms with van der Waals surface area (Å²) >= 11 is 0. The van der Waals surface area contributed by atoms with Gasteiger partial charge in [-0.1, -0.05) is 5.21 Å². The highest BCUT2D eigenvalue weighted by atomic mass is 19.4. The largest absolute Gasteiger partial charge is 0.463 e. The van der Waals surface area contributed by atoms with Crippen LogP contribution in [-0.4, -0.2) is 29.9 Å². The molecule has 0 radical (unpaired) electrons. The van der Waals surface area contributed by atoms with E-state index in [0.717, 1.165) is 12.3 Å². The summed E-state index contributed by atoms with van der Waals surface area (Å²) in [7, 11) is 0. The number of halogens is 3. The van der Waals surface area contributed by atoms with E-state index in [0.29, 0.717) is 28.3 Å². The standard InChI is InChI=1S/C16H12F3N7O/c1-8(10-5-4-9(7-21-10)16(17,18)19)26-14-13(24-25-26)12(22-15(20)23-14)11-3-2-6-27-11/h2-8H,1H3,(H2,20,22,23). The number of nitrogen functional groups attached to an aromatic ring is 1. The van der Waals surface area contributed by atoms with Gasteiger partial charge in [-0.2, -0.15) is 18.2 Å². The van der Waals surface area contributed by atoms with Crippen molar-refractivity contribution >= 4 is 17.1 Å². The number of rotatable bonds is 3. The Hall–Kier alpha value is -3.50. The Morgan fingerprint density at radius 3 is 2.63 bits per heavy atom. The van der Waals surface area contributed by atoms with Gasteiger partial charge in [0, 0.05) is 6.20 Å². The van der Waals surface area contributed by atoms with Crippen molar-refractivity contribution < 1.29 is 17.6 Å². The molecule has 8 nitrogen and oxygen atoms in total. The van der Waals surface area contributed by atoms with Gasteiger partial charge in [0.2, 0.25) is 5.95 Å². The third kappa shape index (κ3) is 2.96. The molecular weight excluding hydrogens is 363 g/mol. The Bertz CT molecular complexity index is 1090. The van der Waals surface area contributed by atoms with Crippen molar-refractivity contribution in [2.24, 2.45) is 0 Å². The van der Waals surface area contributed by atoms with Crippen LogP contribution in [0.3, 0.4) is 0 Å². The van der Waals surface area contributed by atoms with Crippen LogP contribution in [0.2, 0.25) is 0 Å². The number of pyridine rings is 1. The minimum atomic E-state index is -4.45. The lowest BCUT2D eigenvalue weighted by Crippen LogP contribution is -2.13. The van der Waals surface area contributed by atoms with E-state index < -0.39 is 17.8 Å². The highest BCUT2D eigenvalue weighted by molar-refractivity contribution is 5.86. The number of fused-ring (bicyclic) bond motifs is 1. The van der Waals surface area contributed by atoms with Crippen LogP contribution in [0.1, 0.15) is 24.2 Å². The van der Waals surface area contributed by atoms with Gasteiger partial charge < -0.3 is 10.2 Å². The molecule has 0 aliphatic carbocycles. The number of furan rings is 1. The Kier molecular flexibility index (Phi) is 3.79. The Morgan fingerprint density at radius 2 is 2.00 bits per heavy atom. The van der Waals surface area contributed by atoms with Gasteiger partial charge in [0.05, 0.1) is 23.6 Å². The summed E-state index contributed by atoms with van der Waals surface area (Å²) in [6, 6.07) is 5.12. The van der Waals surface area contributed by atoms with Crippen molar-refractivity contribution in [3.05, 3.63) is 48.0 Å². The van der Waals surface area contributed by atoms with Crippen molar-refractivity contribution in [2.75, 3.05) is 5.73 Å². The summed E-state index contributed by atoms with van der Waals surface area (Å²) in [5, 5.41) is 8.14. The van der Waals surface area contributed by atoms with E-state index in [1.807, 2.05) is 0 Å². The molecular formula is C16H12F3N7O. The maximum Gasteiger partial charge on any atom is 0.417 e. The molecule has 0 amide bonds. The molecule has 0 spiro atoms. The van der Waals surface area contributed by atoms with Crippen molar-refractivity contribution in [1.29, 1.82) is 0 Å². The predicted octanol–water partition coefficient (Wildman–Crippen LogP) is 3.09. The summed E-state index contributed by atoms with van der Waals surface area (Å²) in [6.45, 7) is 1.72. The summed E-state index contributed by atoms with van der Waals surface area (Å²) in [6.07, 6.45) is -2.18. The van der Waals surface area contributed by atoms with Gasteiger partial charge >= 0.3 is 6.18 Å². The smallest absolute Gasteiger partial charge is 0.417 e. The fourth-order valence-corrected chi connectivity index (χ4v) is 2.64. The van der Waals surface area contributed by atoms with Crippen molar-refractivity contribution in [3.63, 3.8) is 0 Å². The van der Waals surface area contributed by atoms with E-state index in [2.05, 4.69) is 25.3 Å². The van der Waals surface area contributed by atoms with Crippen molar-refractivity contribution in [1.82, 2.24) is 29.9 Å². The fraction of sp³-hybridized carbons (Fsp3) is 0.188. The van der Waals surface area contributed by atoms with Crippen LogP contribution in [-0.2, 0) is 6.18 Å². The van der Waals surface area contributed by atoms with Gasteiger partial charge in [-0.15, -0.1) is 5.10 Å². The molecule has 1 unspecified atom stereocenters. The first kappa shape index (κ1) is 16.9. The molecule has 0 aliphatic heterocycles. The third-order valence-electron chi connectivity index (χ3n) is 4.00. The Morgan fingerprint density at radius 1 is 1.19 bits per heavy atom. The van der Waals surface area contributed by atoms with E-state index in [9.17, 15) is 13.2 Å². The summed E-state index contributed by atoms with van der Waals surface area (Å²) in [5.74, 6) is 0.437. The molecule has 11 heteroatoms. The molecule has 4 aromatic heterocycles. The second-order valence-corrected chi connectivity index (χ2v) is 5.76. The molecule has 0 saturated heterocycles. The SMILES string of the molecule is CC(c1ccc(C(F)(F)F)cn1)n1nnc2c(-c3ccco3)nc(N)nc21. The first-order valence-corrected chi connectivity index (χ1v) is 7.80. The summed E-state index contributed by atoms with van der Waals surface area (Å²) in [5.41, 5.74) is 6.39. The number of alkyl halides is 3. The van der Waals surface area contributed by atoms with Crippen LogP contribution < -0.4 is 5.73 Å². The van der Waals surface area contributed by atoms with Crippen molar-refractivity contribution in [3.8, 4) is 11.5 Å². The highest BCUT2D eigenvalue weighted by Gasteiger charge is 2.31. The molecule has 27 heavy (non-hydrogen) atoms. The minimum Gasteiger partial charge on any atom is -0.463 e. The Balaban J connectivity index is 1.78. The van der Waals surface area contributed by atoms with Crippen LogP contribution >= 0.6 is 0 Å². The Labute approximate surface area is 149 Å². The summed E-state index contributed by atoms with van der Waals surface area (Å²) in [4.78, 5) is 12.2. The maximum atomic E-state index is 12.7. The normalized spacial score (nSPS) is 13.2. The molecule has 1 atom stereocenters. The quantitative estimate of drug-likeness (QED) is 0.586. The average Bonchev–Trinajstić information content (AvgIpc) is 3.29. The lowest BCUT2D eigenvalue weighted by atomic mass is 10.2. The first-order chi connectivity index (χ1) is 12.8. The fourth-order valence-electron chi connectivity index (χ4n) is 2.64. The van der Waals surface area contributed by atoms with Gasteiger partial charge in [-0.05, 0) is 31.2 Å². The number of hydrogen-bond donors (Lipinski definition) is 1. The zero-order chi connectivity index (χ0) is 19.2. The van der Waals surface area contributed by atoms with Crippen LogP contribution in [0.5, 0.6) is 0 Å². The first-order valence-electron chi connectivity index (χ1n) is 7.80. The topological polar surface area (TPSA) is 109 Å². The van der Waals surface area contributed by atoms with Crippen LogP contribution in [0.4, 0.5) is 19.1 Å². The van der Waals surface area contributed by atoms with Crippen LogP contribution in [0.25, 0.3) is 22.6 Å². The monoisotopic (exact) mass is 375 g/mol. The molecule has 4 aromatic rings. The van der Waals surface area contributed by atoms with E-state index in [4.69, 9.17) is 10.2 Å². The molecule has 0 aromatic carbocycles. The zero-order valence-electron chi connectivity index (χ0n) is 13.8. The number of nitrogens with two attached hydrogens (primary N) is 1. The maximum absolute atomic E-state index is 12.7. The average molecular weight is 375 g/mol.